The topological polar surface area (TPSA) is 91.2 Å². The number of amides is 1. The highest BCUT2D eigenvalue weighted by Gasteiger charge is 2.14. The second-order valence-corrected chi connectivity index (χ2v) is 5.64. The summed E-state index contributed by atoms with van der Waals surface area (Å²) in [6.45, 7) is 3.99. The third-order valence-electron chi connectivity index (χ3n) is 3.72. The lowest BCUT2D eigenvalue weighted by atomic mass is 10.1. The molecule has 0 radical (unpaired) electrons. The van der Waals surface area contributed by atoms with Crippen molar-refractivity contribution in [3.8, 4) is 6.07 Å². The number of hydrogen-bond donors (Lipinski definition) is 2. The first-order valence-electron chi connectivity index (χ1n) is 8.34. The molecule has 0 aliphatic carbocycles. The summed E-state index contributed by atoms with van der Waals surface area (Å²) in [5.41, 5.74) is 2.49. The van der Waals surface area contributed by atoms with Gasteiger partial charge in [-0.05, 0) is 37.6 Å². The Balaban J connectivity index is 2.29. The molecule has 6 heteroatoms. The lowest BCUT2D eigenvalue weighted by molar-refractivity contribution is -0.115. The number of anilines is 2. The fourth-order valence-electron chi connectivity index (χ4n) is 2.44. The Hall–Kier alpha value is -3.33. The van der Waals surface area contributed by atoms with Crippen LogP contribution in [0.15, 0.2) is 48.5 Å². The number of benzene rings is 2. The maximum absolute atomic E-state index is 12.0. The summed E-state index contributed by atoms with van der Waals surface area (Å²) in [6, 6.07) is 16.5. The molecule has 2 N–H and O–H groups in total. The third kappa shape index (κ3) is 5.08. The van der Waals surface area contributed by atoms with Crippen LogP contribution in [0.4, 0.5) is 11.4 Å². The fraction of sp³-hybridized carbons (Fsp3) is 0.250. The van der Waals surface area contributed by atoms with Crippen LogP contribution in [0.25, 0.3) is 0 Å². The van der Waals surface area contributed by atoms with Gasteiger partial charge in [-0.2, -0.15) is 5.26 Å². The van der Waals surface area contributed by atoms with Gasteiger partial charge < -0.3 is 15.4 Å². The van der Waals surface area contributed by atoms with Crippen LogP contribution in [-0.2, 0) is 9.53 Å². The average molecular weight is 351 g/mol. The van der Waals surface area contributed by atoms with Crippen molar-refractivity contribution in [1.82, 2.24) is 0 Å². The lowest BCUT2D eigenvalue weighted by Crippen LogP contribution is -2.15. The molecule has 0 spiro atoms. The Bertz CT molecular complexity index is 813. The predicted octanol–water partition coefficient (Wildman–Crippen LogP) is 3.89. The van der Waals surface area contributed by atoms with Crippen molar-refractivity contribution in [3.63, 3.8) is 0 Å². The highest BCUT2D eigenvalue weighted by atomic mass is 16.5. The van der Waals surface area contributed by atoms with Gasteiger partial charge in [0.05, 0.1) is 29.6 Å². The minimum atomic E-state index is -0.467. The van der Waals surface area contributed by atoms with E-state index in [9.17, 15) is 9.59 Å². The first-order chi connectivity index (χ1) is 12.5. The van der Waals surface area contributed by atoms with Gasteiger partial charge in [-0.3, -0.25) is 4.79 Å². The van der Waals surface area contributed by atoms with E-state index in [0.717, 1.165) is 5.56 Å². The molecule has 0 heterocycles. The Labute approximate surface area is 152 Å². The van der Waals surface area contributed by atoms with Crippen molar-refractivity contribution in [2.24, 2.45) is 0 Å². The van der Waals surface area contributed by atoms with Crippen molar-refractivity contribution in [3.05, 3.63) is 59.7 Å². The van der Waals surface area contributed by atoms with Gasteiger partial charge in [0.15, 0.2) is 0 Å². The van der Waals surface area contributed by atoms with Gasteiger partial charge in [-0.15, -0.1) is 0 Å². The van der Waals surface area contributed by atoms with E-state index < -0.39 is 11.9 Å². The van der Waals surface area contributed by atoms with E-state index in [1.165, 1.54) is 0 Å². The molecule has 1 atom stereocenters. The quantitative estimate of drug-likeness (QED) is 0.739. The molecule has 134 valence electrons. The van der Waals surface area contributed by atoms with Crippen LogP contribution >= 0.6 is 0 Å². The van der Waals surface area contributed by atoms with Gasteiger partial charge in [0.2, 0.25) is 5.91 Å². The van der Waals surface area contributed by atoms with E-state index in [0.29, 0.717) is 16.9 Å². The molecular formula is C20H21N3O3. The molecule has 0 aliphatic heterocycles. The van der Waals surface area contributed by atoms with E-state index in [4.69, 9.17) is 10.00 Å². The van der Waals surface area contributed by atoms with Crippen molar-refractivity contribution < 1.29 is 14.3 Å². The van der Waals surface area contributed by atoms with Crippen LogP contribution < -0.4 is 10.6 Å². The molecule has 26 heavy (non-hydrogen) atoms. The maximum atomic E-state index is 12.0. The van der Waals surface area contributed by atoms with Gasteiger partial charge in [0.1, 0.15) is 6.42 Å². The molecule has 0 bridgehead atoms. The normalized spacial score (nSPS) is 11.1. The Kier molecular flexibility index (Phi) is 6.75. The zero-order valence-corrected chi connectivity index (χ0v) is 14.8. The molecule has 2 rings (SSSR count). The van der Waals surface area contributed by atoms with Crippen LogP contribution in [-0.4, -0.2) is 18.5 Å². The number of esters is 1. The molecule has 0 saturated heterocycles. The molecule has 0 aromatic heterocycles. The van der Waals surface area contributed by atoms with Gasteiger partial charge in [0, 0.05) is 6.04 Å². The van der Waals surface area contributed by atoms with Crippen molar-refractivity contribution in [1.29, 1.82) is 5.26 Å². The molecule has 0 aliphatic rings. The summed E-state index contributed by atoms with van der Waals surface area (Å²) in [5.74, 6) is -0.908. The average Bonchev–Trinajstić information content (AvgIpc) is 2.64. The standard InChI is InChI=1S/C20H21N3O3/c1-3-26-20(25)16-9-10-17(18(13-16)23-19(24)11-12-21)22-14(2)15-7-5-4-6-8-15/h4-10,13-14,22H,3,11H2,1-2H3,(H,23,24). The zero-order valence-electron chi connectivity index (χ0n) is 14.8. The minimum Gasteiger partial charge on any atom is -0.462 e. The predicted molar refractivity (Wildman–Crippen MR) is 99.7 cm³/mol. The second kappa shape index (κ2) is 9.23. The largest absolute Gasteiger partial charge is 0.462 e. The van der Waals surface area contributed by atoms with Gasteiger partial charge in [0.25, 0.3) is 0 Å². The minimum absolute atomic E-state index is 0.0173. The number of carbonyl (C=O) groups is 2. The molecule has 1 unspecified atom stereocenters. The number of nitriles is 1. The number of hydrogen-bond acceptors (Lipinski definition) is 5. The Morgan fingerprint density at radius 2 is 1.88 bits per heavy atom. The maximum Gasteiger partial charge on any atom is 0.338 e. The Morgan fingerprint density at radius 3 is 2.54 bits per heavy atom. The first-order valence-corrected chi connectivity index (χ1v) is 8.34. The molecule has 2 aromatic carbocycles. The molecule has 2 aromatic rings. The zero-order chi connectivity index (χ0) is 18.9. The third-order valence-corrected chi connectivity index (χ3v) is 3.72. The van der Waals surface area contributed by atoms with Crippen molar-refractivity contribution >= 4 is 23.3 Å². The van der Waals surface area contributed by atoms with Gasteiger partial charge >= 0.3 is 5.97 Å². The lowest BCUT2D eigenvalue weighted by Gasteiger charge is -2.19. The Morgan fingerprint density at radius 1 is 1.15 bits per heavy atom. The highest BCUT2D eigenvalue weighted by molar-refractivity contribution is 5.98. The SMILES string of the molecule is CCOC(=O)c1ccc(NC(C)c2ccccc2)c(NC(=O)CC#N)c1. The molecular weight excluding hydrogens is 330 g/mol. The van der Waals surface area contributed by atoms with Crippen LogP contribution in [0.5, 0.6) is 0 Å². The van der Waals surface area contributed by atoms with Crippen LogP contribution in [0.2, 0.25) is 0 Å². The van der Waals surface area contributed by atoms with Crippen LogP contribution in [0.3, 0.4) is 0 Å². The van der Waals surface area contributed by atoms with E-state index in [2.05, 4.69) is 10.6 Å². The van der Waals surface area contributed by atoms with Gasteiger partial charge in [-0.25, -0.2) is 4.79 Å². The van der Waals surface area contributed by atoms with Gasteiger partial charge in [-0.1, -0.05) is 30.3 Å². The highest BCUT2D eigenvalue weighted by Crippen LogP contribution is 2.28. The van der Waals surface area contributed by atoms with Crippen LogP contribution in [0.1, 0.15) is 42.2 Å². The smallest absolute Gasteiger partial charge is 0.338 e. The van der Waals surface area contributed by atoms with E-state index in [1.807, 2.05) is 43.3 Å². The fourth-order valence-corrected chi connectivity index (χ4v) is 2.44. The van der Waals surface area contributed by atoms with E-state index in [1.54, 1.807) is 25.1 Å². The number of ether oxygens (including phenoxy) is 1. The van der Waals surface area contributed by atoms with Crippen LogP contribution in [0, 0.1) is 11.3 Å². The number of rotatable bonds is 7. The van der Waals surface area contributed by atoms with Crippen molar-refractivity contribution in [2.45, 2.75) is 26.3 Å². The molecule has 0 fully saturated rings. The molecule has 0 saturated carbocycles. The van der Waals surface area contributed by atoms with Crippen molar-refractivity contribution in [2.75, 3.05) is 17.2 Å². The number of nitrogens with one attached hydrogen (secondary N) is 2. The van der Waals surface area contributed by atoms with E-state index in [-0.39, 0.29) is 19.1 Å². The summed E-state index contributed by atoms with van der Waals surface area (Å²) >= 11 is 0. The summed E-state index contributed by atoms with van der Waals surface area (Å²) in [5, 5.41) is 14.7. The summed E-state index contributed by atoms with van der Waals surface area (Å²) < 4.78 is 5.00. The number of carbonyl (C=O) groups excluding carboxylic acids is 2. The first kappa shape index (κ1) is 19.0. The summed E-state index contributed by atoms with van der Waals surface area (Å²) in [7, 11) is 0. The molecule has 1 amide bonds. The number of nitrogens with zero attached hydrogens (tertiary/aromatic N) is 1. The second-order valence-electron chi connectivity index (χ2n) is 5.64. The summed E-state index contributed by atoms with van der Waals surface area (Å²) in [4.78, 5) is 23.8. The van der Waals surface area contributed by atoms with E-state index >= 15 is 0 Å². The summed E-state index contributed by atoms with van der Waals surface area (Å²) in [6.07, 6.45) is -0.267. The monoisotopic (exact) mass is 351 g/mol. The molecule has 6 nitrogen and oxygen atoms in total.